The smallest absolute Gasteiger partial charge is 0.412 e. The van der Waals surface area contributed by atoms with Crippen molar-refractivity contribution >= 4 is 11.8 Å². The third-order valence-corrected chi connectivity index (χ3v) is 4.03. The van der Waals surface area contributed by atoms with Crippen molar-refractivity contribution in [3.8, 4) is 11.5 Å². The lowest BCUT2D eigenvalue weighted by Gasteiger charge is -2.26. The van der Waals surface area contributed by atoms with Gasteiger partial charge in [-0.1, -0.05) is 19.3 Å². The van der Waals surface area contributed by atoms with E-state index in [4.69, 9.17) is 9.47 Å². The number of carbonyl (C=O) groups excluding carboxylic acids is 1. The maximum Gasteiger partial charge on any atom is 0.412 e. The van der Waals surface area contributed by atoms with Gasteiger partial charge in [0.1, 0.15) is 17.1 Å². The topological polar surface area (TPSA) is 67.8 Å². The number of anilines is 1. The van der Waals surface area contributed by atoms with Gasteiger partial charge in [0, 0.05) is 6.07 Å². The van der Waals surface area contributed by atoms with Crippen molar-refractivity contribution < 1.29 is 19.4 Å². The van der Waals surface area contributed by atoms with E-state index in [1.54, 1.807) is 7.11 Å². The zero-order chi connectivity index (χ0) is 17.0. The molecule has 5 heteroatoms. The highest BCUT2D eigenvalue weighted by molar-refractivity contribution is 5.88. The number of rotatable bonds is 3. The van der Waals surface area contributed by atoms with Crippen LogP contribution in [-0.4, -0.2) is 23.9 Å². The molecular weight excluding hydrogens is 294 g/mol. The van der Waals surface area contributed by atoms with Crippen molar-refractivity contribution in [3.05, 3.63) is 17.7 Å². The van der Waals surface area contributed by atoms with E-state index < -0.39 is 11.7 Å². The Bertz CT molecular complexity index is 557. The van der Waals surface area contributed by atoms with Crippen molar-refractivity contribution in [1.82, 2.24) is 0 Å². The molecule has 0 spiro atoms. The molecule has 1 aromatic rings. The van der Waals surface area contributed by atoms with Gasteiger partial charge in [0.15, 0.2) is 0 Å². The average Bonchev–Trinajstić information content (AvgIpc) is 2.48. The summed E-state index contributed by atoms with van der Waals surface area (Å²) < 4.78 is 10.6. The lowest BCUT2D eigenvalue weighted by Crippen LogP contribution is -2.27. The Morgan fingerprint density at radius 3 is 2.43 bits per heavy atom. The van der Waals surface area contributed by atoms with E-state index in [2.05, 4.69) is 5.32 Å². The van der Waals surface area contributed by atoms with Gasteiger partial charge < -0.3 is 14.6 Å². The van der Waals surface area contributed by atoms with Gasteiger partial charge in [-0.05, 0) is 51.2 Å². The zero-order valence-electron chi connectivity index (χ0n) is 14.4. The molecule has 0 aromatic heterocycles. The van der Waals surface area contributed by atoms with Crippen LogP contribution in [0.3, 0.4) is 0 Å². The summed E-state index contributed by atoms with van der Waals surface area (Å²) in [5.41, 5.74) is 0.774. The third-order valence-electron chi connectivity index (χ3n) is 4.03. The van der Waals surface area contributed by atoms with Gasteiger partial charge in [-0.15, -0.1) is 0 Å². The van der Waals surface area contributed by atoms with Crippen LogP contribution in [0, 0.1) is 0 Å². The second-order valence-corrected chi connectivity index (χ2v) is 7.07. The summed E-state index contributed by atoms with van der Waals surface area (Å²) in [5, 5.41) is 13.0. The van der Waals surface area contributed by atoms with Crippen LogP contribution < -0.4 is 10.1 Å². The van der Waals surface area contributed by atoms with Crippen molar-refractivity contribution in [2.24, 2.45) is 0 Å². The number of methoxy groups -OCH3 is 1. The molecule has 5 nitrogen and oxygen atoms in total. The maximum absolute atomic E-state index is 12.1. The number of carbonyl (C=O) groups is 1. The minimum Gasteiger partial charge on any atom is -0.506 e. The Morgan fingerprint density at radius 2 is 1.87 bits per heavy atom. The number of hydrogen-bond acceptors (Lipinski definition) is 4. The summed E-state index contributed by atoms with van der Waals surface area (Å²) in [5.74, 6) is 0.920. The summed E-state index contributed by atoms with van der Waals surface area (Å²) in [6.45, 7) is 5.42. The van der Waals surface area contributed by atoms with Crippen LogP contribution in [0.25, 0.3) is 0 Å². The first-order valence-corrected chi connectivity index (χ1v) is 8.21. The van der Waals surface area contributed by atoms with Crippen molar-refractivity contribution in [1.29, 1.82) is 0 Å². The van der Waals surface area contributed by atoms with Crippen molar-refractivity contribution in [2.45, 2.75) is 64.4 Å². The Kier molecular flexibility index (Phi) is 5.39. The fraction of sp³-hybridized carbons (Fsp3) is 0.611. The number of phenols is 1. The fourth-order valence-electron chi connectivity index (χ4n) is 3.02. The van der Waals surface area contributed by atoms with Gasteiger partial charge in [0.25, 0.3) is 0 Å². The molecule has 0 bridgehead atoms. The van der Waals surface area contributed by atoms with E-state index in [-0.39, 0.29) is 5.75 Å². The van der Waals surface area contributed by atoms with Gasteiger partial charge in [-0.3, -0.25) is 5.32 Å². The molecule has 0 saturated heterocycles. The highest BCUT2D eigenvalue weighted by atomic mass is 16.6. The van der Waals surface area contributed by atoms with Crippen molar-refractivity contribution in [3.63, 3.8) is 0 Å². The summed E-state index contributed by atoms with van der Waals surface area (Å²) in [6.07, 6.45) is 5.10. The monoisotopic (exact) mass is 321 g/mol. The molecule has 2 N–H and O–H groups in total. The molecule has 0 unspecified atom stereocenters. The Balaban J connectivity index is 2.30. The molecule has 0 atom stereocenters. The third kappa shape index (κ3) is 4.78. The van der Waals surface area contributed by atoms with Crippen LogP contribution in [-0.2, 0) is 4.74 Å². The lowest BCUT2D eigenvalue weighted by atomic mass is 9.83. The molecular formula is C18H27NO4. The van der Waals surface area contributed by atoms with Crippen LogP contribution in [0.1, 0.15) is 64.4 Å². The first-order valence-electron chi connectivity index (χ1n) is 8.21. The number of ether oxygens (including phenoxy) is 2. The summed E-state index contributed by atoms with van der Waals surface area (Å²) in [7, 11) is 1.57. The molecule has 23 heavy (non-hydrogen) atoms. The molecule has 0 heterocycles. The maximum atomic E-state index is 12.1. The Labute approximate surface area is 138 Å². The zero-order valence-corrected chi connectivity index (χ0v) is 14.4. The lowest BCUT2D eigenvalue weighted by molar-refractivity contribution is 0.0635. The SMILES string of the molecule is COc1cc(O)c(NC(=O)OC(C)(C)C)c(C2CCCCC2)c1. The summed E-state index contributed by atoms with van der Waals surface area (Å²) in [6, 6.07) is 3.42. The number of amides is 1. The number of aromatic hydroxyl groups is 1. The number of nitrogens with one attached hydrogen (secondary N) is 1. The van der Waals surface area contributed by atoms with E-state index >= 15 is 0 Å². The second kappa shape index (κ2) is 7.11. The van der Waals surface area contributed by atoms with E-state index in [1.165, 1.54) is 12.5 Å². The highest BCUT2D eigenvalue weighted by Crippen LogP contribution is 2.42. The quantitative estimate of drug-likeness (QED) is 0.785. The van der Waals surface area contributed by atoms with Gasteiger partial charge in [0.05, 0.1) is 12.8 Å². The van der Waals surface area contributed by atoms with Crippen molar-refractivity contribution in [2.75, 3.05) is 12.4 Å². The molecule has 1 aliphatic rings. The average molecular weight is 321 g/mol. The molecule has 1 aliphatic carbocycles. The molecule has 1 saturated carbocycles. The molecule has 128 valence electrons. The van der Waals surface area contributed by atoms with Crippen LogP contribution >= 0.6 is 0 Å². The van der Waals surface area contributed by atoms with E-state index in [0.717, 1.165) is 31.2 Å². The van der Waals surface area contributed by atoms with Crippen LogP contribution in [0.2, 0.25) is 0 Å². The van der Waals surface area contributed by atoms with Crippen LogP contribution in [0.5, 0.6) is 11.5 Å². The van der Waals surface area contributed by atoms with Gasteiger partial charge in [-0.2, -0.15) is 0 Å². The van der Waals surface area contributed by atoms with Crippen LogP contribution in [0.15, 0.2) is 12.1 Å². The highest BCUT2D eigenvalue weighted by Gasteiger charge is 2.24. The standard InChI is InChI=1S/C18H27NO4/c1-18(2,3)23-17(21)19-16-14(12-8-6-5-7-9-12)10-13(22-4)11-15(16)20/h10-12,20H,5-9H2,1-4H3,(H,19,21). The fourth-order valence-corrected chi connectivity index (χ4v) is 3.02. The van der Waals surface area contributed by atoms with E-state index in [9.17, 15) is 9.90 Å². The first-order chi connectivity index (χ1) is 10.8. The Morgan fingerprint density at radius 1 is 1.22 bits per heavy atom. The Hall–Kier alpha value is -1.91. The summed E-state index contributed by atoms with van der Waals surface area (Å²) >= 11 is 0. The minimum absolute atomic E-state index is 0.00998. The van der Waals surface area contributed by atoms with Crippen LogP contribution in [0.4, 0.5) is 10.5 Å². The number of phenolic OH excluding ortho intramolecular Hbond substituents is 1. The number of hydrogen-bond donors (Lipinski definition) is 2. The molecule has 2 rings (SSSR count). The van der Waals surface area contributed by atoms with E-state index in [1.807, 2.05) is 26.8 Å². The summed E-state index contributed by atoms with van der Waals surface area (Å²) in [4.78, 5) is 12.1. The van der Waals surface area contributed by atoms with Gasteiger partial charge in [0.2, 0.25) is 0 Å². The largest absolute Gasteiger partial charge is 0.506 e. The molecule has 1 aromatic carbocycles. The number of benzene rings is 1. The predicted octanol–water partition coefficient (Wildman–Crippen LogP) is 4.80. The normalized spacial score (nSPS) is 16.0. The second-order valence-electron chi connectivity index (χ2n) is 7.07. The van der Waals surface area contributed by atoms with E-state index in [0.29, 0.717) is 17.4 Å². The predicted molar refractivity (Wildman–Crippen MR) is 90.3 cm³/mol. The molecule has 0 aliphatic heterocycles. The molecule has 1 amide bonds. The van der Waals surface area contributed by atoms with Gasteiger partial charge >= 0.3 is 6.09 Å². The minimum atomic E-state index is -0.586. The van der Waals surface area contributed by atoms with Gasteiger partial charge in [-0.25, -0.2) is 4.79 Å². The molecule has 0 radical (unpaired) electrons. The molecule has 1 fully saturated rings. The first kappa shape index (κ1) is 17.4.